The summed E-state index contributed by atoms with van der Waals surface area (Å²) in [6, 6.07) is 15.8. The van der Waals surface area contributed by atoms with Crippen LogP contribution in [-0.2, 0) is 13.1 Å². The van der Waals surface area contributed by atoms with E-state index in [0.29, 0.717) is 49.4 Å². The van der Waals surface area contributed by atoms with Gasteiger partial charge in [-0.15, -0.1) is 0 Å². The minimum absolute atomic E-state index is 0.134. The lowest BCUT2D eigenvalue weighted by atomic mass is 9.62. The van der Waals surface area contributed by atoms with Gasteiger partial charge in [-0.3, -0.25) is 9.80 Å². The van der Waals surface area contributed by atoms with Crippen molar-refractivity contribution in [1.82, 2.24) is 24.8 Å². The van der Waals surface area contributed by atoms with E-state index in [4.69, 9.17) is 37.7 Å². The van der Waals surface area contributed by atoms with Gasteiger partial charge in [-0.2, -0.15) is 0 Å². The molecule has 2 saturated heterocycles. The molecule has 2 aliphatic carbocycles. The second-order valence-electron chi connectivity index (χ2n) is 14.4. The van der Waals surface area contributed by atoms with E-state index in [-0.39, 0.29) is 12.2 Å². The van der Waals surface area contributed by atoms with Crippen molar-refractivity contribution in [3.63, 3.8) is 0 Å². The van der Waals surface area contributed by atoms with E-state index in [1.807, 2.05) is 36.4 Å². The first-order valence-corrected chi connectivity index (χ1v) is 17.2. The van der Waals surface area contributed by atoms with Crippen LogP contribution in [0, 0.1) is 10.8 Å². The second-order valence-corrected chi connectivity index (χ2v) is 15.1. The van der Waals surface area contributed by atoms with Crippen LogP contribution < -0.4 is 9.47 Å². The lowest BCUT2D eigenvalue weighted by Crippen LogP contribution is -2.63. The zero-order valence-electron chi connectivity index (χ0n) is 27.1. The minimum atomic E-state index is -0.139. The fraction of sp³-hybridized carbons (Fsp3) is 0.432. The van der Waals surface area contributed by atoms with Crippen molar-refractivity contribution in [2.24, 2.45) is 10.8 Å². The third kappa shape index (κ3) is 5.64. The third-order valence-corrected chi connectivity index (χ3v) is 11.5. The molecule has 48 heavy (non-hydrogen) atoms. The first-order chi connectivity index (χ1) is 23.2. The van der Waals surface area contributed by atoms with Gasteiger partial charge >= 0.3 is 0 Å². The number of methoxy groups -OCH3 is 2. The Balaban J connectivity index is 1.02. The smallest absolute Gasteiger partial charge is 0.218 e. The van der Waals surface area contributed by atoms with Crippen LogP contribution in [0.15, 0.2) is 54.9 Å². The number of aliphatic hydroxyl groups is 2. The summed E-state index contributed by atoms with van der Waals surface area (Å²) in [4.78, 5) is 18.7. The van der Waals surface area contributed by atoms with Crippen molar-refractivity contribution >= 4 is 23.2 Å². The average Bonchev–Trinajstić information content (AvgIpc) is 3.02. The number of aromatic nitrogens is 3. The highest BCUT2D eigenvalue weighted by Crippen LogP contribution is 2.50. The lowest BCUT2D eigenvalue weighted by Gasteiger charge is -2.58. The molecule has 2 spiro atoms. The van der Waals surface area contributed by atoms with Crippen LogP contribution in [0.25, 0.3) is 33.8 Å². The molecule has 2 saturated carbocycles. The van der Waals surface area contributed by atoms with Gasteiger partial charge in [0.15, 0.2) is 0 Å². The van der Waals surface area contributed by atoms with Crippen LogP contribution in [0.3, 0.4) is 0 Å². The first-order valence-electron chi connectivity index (χ1n) is 16.5. The van der Waals surface area contributed by atoms with Crippen LogP contribution in [0.4, 0.5) is 0 Å². The van der Waals surface area contributed by atoms with Crippen LogP contribution in [-0.4, -0.2) is 87.6 Å². The number of nitrogens with zero attached hydrogens (tertiary/aromatic N) is 5. The molecule has 2 aliphatic heterocycles. The van der Waals surface area contributed by atoms with E-state index in [2.05, 4.69) is 31.9 Å². The molecule has 4 fully saturated rings. The largest absolute Gasteiger partial charge is 0.496 e. The number of pyridine rings is 1. The van der Waals surface area contributed by atoms with E-state index in [1.54, 1.807) is 14.2 Å². The second kappa shape index (κ2) is 12.2. The van der Waals surface area contributed by atoms with Crippen LogP contribution >= 0.6 is 23.2 Å². The van der Waals surface area contributed by atoms with Gasteiger partial charge in [-0.1, -0.05) is 59.6 Å². The molecular formula is C37H39Cl2N5O4. The Bertz CT molecular complexity index is 1730. The maximum Gasteiger partial charge on any atom is 0.218 e. The number of benzene rings is 2. The maximum absolute atomic E-state index is 9.75. The van der Waals surface area contributed by atoms with E-state index < -0.39 is 0 Å². The fourth-order valence-electron chi connectivity index (χ4n) is 8.52. The van der Waals surface area contributed by atoms with Gasteiger partial charge in [0, 0.05) is 77.9 Å². The maximum atomic E-state index is 9.75. The number of likely N-dealkylation sites (tertiary alicyclic amines) is 2. The molecule has 2 N–H and O–H groups in total. The van der Waals surface area contributed by atoms with Crippen molar-refractivity contribution in [2.45, 2.75) is 51.0 Å². The highest BCUT2D eigenvalue weighted by Gasteiger charge is 2.52. The lowest BCUT2D eigenvalue weighted by molar-refractivity contribution is -0.131. The van der Waals surface area contributed by atoms with Crippen LogP contribution in [0.1, 0.15) is 36.8 Å². The standard InChI is InChI=1S/C37H39Cl2N5O4/c1-47-30-10-22(6-7-23(30)15-43-17-36(18-43)11-25(45)12-36)33-32(39)34(41-21-40-33)28-5-3-4-27(31(28)38)29-9-8-24(35(42-29)48-2)16-44-19-37(20-44)13-26(46)14-37/h3-10,21,25-26,45-46H,11-20H2,1-2H3. The Morgan fingerprint density at radius 1 is 0.750 bits per heavy atom. The number of aliphatic hydroxyl groups excluding tert-OH is 2. The van der Waals surface area contributed by atoms with E-state index in [0.717, 1.165) is 93.0 Å². The van der Waals surface area contributed by atoms with E-state index in [9.17, 15) is 10.2 Å². The summed E-state index contributed by atoms with van der Waals surface area (Å²) >= 11 is 14.1. The summed E-state index contributed by atoms with van der Waals surface area (Å²) in [7, 11) is 3.32. The first kappa shape index (κ1) is 31.9. The number of halogens is 2. The van der Waals surface area contributed by atoms with Crippen LogP contribution in [0.5, 0.6) is 11.6 Å². The Morgan fingerprint density at radius 3 is 1.98 bits per heavy atom. The number of rotatable bonds is 9. The minimum Gasteiger partial charge on any atom is -0.496 e. The molecule has 4 heterocycles. The fourth-order valence-corrected chi connectivity index (χ4v) is 9.14. The van der Waals surface area contributed by atoms with Crippen molar-refractivity contribution in [1.29, 1.82) is 0 Å². The molecule has 0 bridgehead atoms. The van der Waals surface area contributed by atoms with Gasteiger partial charge in [-0.25, -0.2) is 15.0 Å². The summed E-state index contributed by atoms with van der Waals surface area (Å²) in [5.74, 6) is 1.34. The molecule has 0 amide bonds. The van der Waals surface area contributed by atoms with Crippen molar-refractivity contribution in [3.05, 3.63) is 76.0 Å². The van der Waals surface area contributed by atoms with Crippen molar-refractivity contribution in [2.75, 3.05) is 40.4 Å². The molecule has 2 aromatic carbocycles. The predicted molar refractivity (Wildman–Crippen MR) is 185 cm³/mol. The molecule has 11 heteroatoms. The number of hydrogen-bond acceptors (Lipinski definition) is 9. The third-order valence-electron chi connectivity index (χ3n) is 10.7. The molecule has 8 rings (SSSR count). The van der Waals surface area contributed by atoms with E-state index in [1.165, 1.54) is 6.33 Å². The van der Waals surface area contributed by atoms with Gasteiger partial charge in [0.25, 0.3) is 0 Å². The summed E-state index contributed by atoms with van der Waals surface area (Å²) in [5, 5.41) is 20.4. The Labute approximate surface area is 290 Å². The quantitative estimate of drug-likeness (QED) is 0.216. The Hall–Kier alpha value is -3.31. The Kier molecular flexibility index (Phi) is 8.13. The molecule has 0 radical (unpaired) electrons. The number of ether oxygens (including phenoxy) is 2. The molecule has 4 aliphatic rings. The highest BCUT2D eigenvalue weighted by molar-refractivity contribution is 6.38. The van der Waals surface area contributed by atoms with Gasteiger partial charge in [-0.05, 0) is 37.8 Å². The van der Waals surface area contributed by atoms with Crippen molar-refractivity contribution < 1.29 is 19.7 Å². The molecule has 4 aromatic rings. The normalized spacial score (nSPS) is 20.2. The SMILES string of the molecule is COc1cc(-c2ncnc(-c3cccc(-c4ccc(CN5CC6(CC(O)C6)C5)c(OC)n4)c3Cl)c2Cl)ccc1CN1CC2(CC(O)C2)C1. The monoisotopic (exact) mass is 687 g/mol. The Morgan fingerprint density at radius 2 is 1.35 bits per heavy atom. The zero-order chi connectivity index (χ0) is 33.2. The highest BCUT2D eigenvalue weighted by atomic mass is 35.5. The predicted octanol–water partition coefficient (Wildman–Crippen LogP) is 6.11. The van der Waals surface area contributed by atoms with Crippen molar-refractivity contribution in [3.8, 4) is 45.4 Å². The van der Waals surface area contributed by atoms with Gasteiger partial charge in [0.1, 0.15) is 12.1 Å². The van der Waals surface area contributed by atoms with Gasteiger partial charge < -0.3 is 19.7 Å². The molecule has 0 atom stereocenters. The topological polar surface area (TPSA) is 104 Å². The average molecular weight is 689 g/mol. The zero-order valence-corrected chi connectivity index (χ0v) is 28.6. The number of hydrogen-bond donors (Lipinski definition) is 2. The molecular weight excluding hydrogens is 649 g/mol. The summed E-state index contributed by atoms with van der Waals surface area (Å²) in [6.07, 6.45) is 4.85. The van der Waals surface area contributed by atoms with Gasteiger partial charge in [0.05, 0.1) is 53.6 Å². The summed E-state index contributed by atoms with van der Waals surface area (Å²) in [5.41, 5.74) is 6.77. The molecule has 2 aromatic heterocycles. The molecule has 0 unspecified atom stereocenters. The van der Waals surface area contributed by atoms with Crippen LogP contribution in [0.2, 0.25) is 10.0 Å². The molecule has 9 nitrogen and oxygen atoms in total. The molecule has 250 valence electrons. The van der Waals surface area contributed by atoms with Gasteiger partial charge in [0.2, 0.25) is 5.88 Å². The summed E-state index contributed by atoms with van der Waals surface area (Å²) in [6.45, 7) is 5.54. The summed E-state index contributed by atoms with van der Waals surface area (Å²) < 4.78 is 11.5. The van der Waals surface area contributed by atoms with E-state index >= 15 is 0 Å².